The molecular formula is C20H23N3O5S. The van der Waals surface area contributed by atoms with Crippen molar-refractivity contribution in [1.29, 1.82) is 0 Å². The van der Waals surface area contributed by atoms with Gasteiger partial charge in [-0.3, -0.25) is 4.79 Å². The SMILES string of the molecule is COc1cc(OS(C)(=O)=O)ccc1C1Nc2cc3c(cc2N1)C(C(C)C)C(=O)N3. The second kappa shape index (κ2) is 6.84. The third-order valence-corrected chi connectivity index (χ3v) is 5.59. The number of methoxy groups -OCH3 is 1. The summed E-state index contributed by atoms with van der Waals surface area (Å²) >= 11 is 0. The van der Waals surface area contributed by atoms with Gasteiger partial charge in [0.05, 0.1) is 30.7 Å². The molecule has 1 amide bonds. The van der Waals surface area contributed by atoms with Crippen LogP contribution in [0.15, 0.2) is 30.3 Å². The van der Waals surface area contributed by atoms with Crippen molar-refractivity contribution in [2.24, 2.45) is 5.92 Å². The van der Waals surface area contributed by atoms with Crippen LogP contribution in [0, 0.1) is 5.92 Å². The van der Waals surface area contributed by atoms with Gasteiger partial charge in [-0.2, -0.15) is 8.42 Å². The third kappa shape index (κ3) is 3.57. The highest BCUT2D eigenvalue weighted by molar-refractivity contribution is 7.86. The summed E-state index contributed by atoms with van der Waals surface area (Å²) in [5.41, 5.74) is 4.38. The van der Waals surface area contributed by atoms with Crippen LogP contribution in [0.1, 0.15) is 37.1 Å². The largest absolute Gasteiger partial charge is 0.496 e. The minimum absolute atomic E-state index is 0.0263. The maximum atomic E-state index is 12.3. The van der Waals surface area contributed by atoms with E-state index in [1.807, 2.05) is 26.0 Å². The molecular weight excluding hydrogens is 394 g/mol. The number of carbonyl (C=O) groups is 1. The lowest BCUT2D eigenvalue weighted by atomic mass is 9.89. The van der Waals surface area contributed by atoms with Crippen LogP contribution in [0.3, 0.4) is 0 Å². The molecule has 8 nitrogen and oxygen atoms in total. The molecule has 2 aromatic carbocycles. The van der Waals surface area contributed by atoms with E-state index in [1.165, 1.54) is 13.2 Å². The van der Waals surface area contributed by atoms with E-state index in [0.717, 1.165) is 34.4 Å². The molecule has 0 spiro atoms. The number of amides is 1. The molecule has 2 aromatic rings. The molecule has 4 rings (SSSR count). The summed E-state index contributed by atoms with van der Waals surface area (Å²) in [6.45, 7) is 4.07. The Hall–Kier alpha value is -2.94. The predicted molar refractivity (Wildman–Crippen MR) is 111 cm³/mol. The normalized spacial score (nSPS) is 19.8. The van der Waals surface area contributed by atoms with Gasteiger partial charge >= 0.3 is 10.1 Å². The number of carbonyl (C=O) groups excluding carboxylic acids is 1. The van der Waals surface area contributed by atoms with E-state index in [0.29, 0.717) is 5.75 Å². The summed E-state index contributed by atoms with van der Waals surface area (Å²) in [6, 6.07) is 8.82. The lowest BCUT2D eigenvalue weighted by molar-refractivity contribution is -0.117. The molecule has 0 radical (unpaired) electrons. The Bertz CT molecular complexity index is 1100. The predicted octanol–water partition coefficient (Wildman–Crippen LogP) is 3.26. The molecule has 2 aliphatic rings. The zero-order valence-electron chi connectivity index (χ0n) is 16.6. The number of ether oxygens (including phenoxy) is 1. The maximum absolute atomic E-state index is 12.3. The van der Waals surface area contributed by atoms with Gasteiger partial charge in [-0.15, -0.1) is 0 Å². The third-order valence-electron chi connectivity index (χ3n) is 5.09. The van der Waals surface area contributed by atoms with E-state index in [-0.39, 0.29) is 29.7 Å². The van der Waals surface area contributed by atoms with E-state index < -0.39 is 10.1 Å². The van der Waals surface area contributed by atoms with Gasteiger partial charge < -0.3 is 24.9 Å². The van der Waals surface area contributed by atoms with Gasteiger partial charge in [-0.25, -0.2) is 0 Å². The number of anilines is 3. The van der Waals surface area contributed by atoms with Crippen LogP contribution in [0.25, 0.3) is 0 Å². The molecule has 2 unspecified atom stereocenters. The fourth-order valence-electron chi connectivity index (χ4n) is 3.89. The Morgan fingerprint density at radius 3 is 2.31 bits per heavy atom. The summed E-state index contributed by atoms with van der Waals surface area (Å²) in [7, 11) is -2.11. The lowest BCUT2D eigenvalue weighted by Gasteiger charge is -2.17. The number of hydrogen-bond donors (Lipinski definition) is 3. The first-order valence-corrected chi connectivity index (χ1v) is 11.1. The highest BCUT2D eigenvalue weighted by Gasteiger charge is 2.35. The van der Waals surface area contributed by atoms with Crippen LogP contribution in [-0.2, 0) is 14.9 Å². The van der Waals surface area contributed by atoms with Crippen molar-refractivity contribution in [1.82, 2.24) is 0 Å². The van der Waals surface area contributed by atoms with Crippen molar-refractivity contribution in [2.75, 3.05) is 29.3 Å². The molecule has 0 aliphatic carbocycles. The molecule has 2 heterocycles. The highest BCUT2D eigenvalue weighted by Crippen LogP contribution is 2.46. The van der Waals surface area contributed by atoms with Gasteiger partial charge in [0.2, 0.25) is 5.91 Å². The van der Waals surface area contributed by atoms with Crippen LogP contribution >= 0.6 is 0 Å². The minimum Gasteiger partial charge on any atom is -0.496 e. The van der Waals surface area contributed by atoms with E-state index >= 15 is 0 Å². The summed E-state index contributed by atoms with van der Waals surface area (Å²) in [4.78, 5) is 12.3. The number of rotatable bonds is 5. The fraction of sp³-hybridized carbons (Fsp3) is 0.350. The first-order valence-electron chi connectivity index (χ1n) is 9.25. The fourth-order valence-corrected chi connectivity index (χ4v) is 4.35. The minimum atomic E-state index is -3.62. The smallest absolute Gasteiger partial charge is 0.306 e. The van der Waals surface area contributed by atoms with E-state index in [9.17, 15) is 13.2 Å². The Morgan fingerprint density at radius 2 is 1.69 bits per heavy atom. The van der Waals surface area contributed by atoms with Gasteiger partial charge in [-0.05, 0) is 35.7 Å². The average molecular weight is 417 g/mol. The molecule has 154 valence electrons. The molecule has 3 N–H and O–H groups in total. The topological polar surface area (TPSA) is 106 Å². The van der Waals surface area contributed by atoms with Gasteiger partial charge in [-0.1, -0.05) is 13.8 Å². The number of hydrogen-bond acceptors (Lipinski definition) is 7. The number of benzene rings is 2. The average Bonchev–Trinajstić information content (AvgIpc) is 3.16. The van der Waals surface area contributed by atoms with E-state index in [1.54, 1.807) is 12.1 Å². The standard InChI is InChI=1S/C20H23N3O5S/c1-10(2)18-13-8-15-16(9-14(13)23-20(18)24)22-19(21-15)12-6-5-11(7-17(12)27-3)28-29(4,25)26/h5-10,18-19,21-22H,1-4H3,(H,23,24). The van der Waals surface area contributed by atoms with Gasteiger partial charge in [0.15, 0.2) is 0 Å². The zero-order chi connectivity index (χ0) is 20.9. The quantitative estimate of drug-likeness (QED) is 0.641. The van der Waals surface area contributed by atoms with Crippen LogP contribution in [0.2, 0.25) is 0 Å². The van der Waals surface area contributed by atoms with Crippen molar-refractivity contribution < 1.29 is 22.1 Å². The van der Waals surface area contributed by atoms with Crippen LogP contribution in [0.4, 0.5) is 17.1 Å². The second-order valence-electron chi connectivity index (χ2n) is 7.61. The summed E-state index contributed by atoms with van der Waals surface area (Å²) in [5.74, 6) is 0.730. The molecule has 0 bridgehead atoms. The Balaban J connectivity index is 1.63. The second-order valence-corrected chi connectivity index (χ2v) is 9.18. The maximum Gasteiger partial charge on any atom is 0.306 e. The van der Waals surface area contributed by atoms with Crippen LogP contribution in [-0.4, -0.2) is 27.7 Å². The molecule has 0 aromatic heterocycles. The van der Waals surface area contributed by atoms with Crippen LogP contribution in [0.5, 0.6) is 11.5 Å². The molecule has 0 fully saturated rings. The van der Waals surface area contributed by atoms with E-state index in [4.69, 9.17) is 8.92 Å². The molecule has 29 heavy (non-hydrogen) atoms. The summed E-state index contributed by atoms with van der Waals surface area (Å²) < 4.78 is 33.1. The first-order chi connectivity index (χ1) is 13.7. The Morgan fingerprint density at radius 1 is 1.00 bits per heavy atom. The molecule has 2 aliphatic heterocycles. The molecule has 0 saturated carbocycles. The van der Waals surface area contributed by atoms with Crippen molar-refractivity contribution in [3.63, 3.8) is 0 Å². The van der Waals surface area contributed by atoms with Crippen molar-refractivity contribution in [3.05, 3.63) is 41.5 Å². The van der Waals surface area contributed by atoms with Crippen molar-refractivity contribution in [3.8, 4) is 11.5 Å². The monoisotopic (exact) mass is 417 g/mol. The van der Waals surface area contributed by atoms with Gasteiger partial charge in [0.1, 0.15) is 17.7 Å². The van der Waals surface area contributed by atoms with Gasteiger partial charge in [0, 0.05) is 17.3 Å². The molecule has 0 saturated heterocycles. The lowest BCUT2D eigenvalue weighted by Crippen LogP contribution is -2.17. The van der Waals surface area contributed by atoms with E-state index in [2.05, 4.69) is 16.0 Å². The number of nitrogens with one attached hydrogen (secondary N) is 3. The highest BCUT2D eigenvalue weighted by atomic mass is 32.2. The molecule has 2 atom stereocenters. The first kappa shape index (κ1) is 19.4. The molecule has 9 heteroatoms. The zero-order valence-corrected chi connectivity index (χ0v) is 17.4. The summed E-state index contributed by atoms with van der Waals surface area (Å²) in [5, 5.41) is 9.75. The Kier molecular flexibility index (Phi) is 4.57. The van der Waals surface area contributed by atoms with Crippen LogP contribution < -0.4 is 24.9 Å². The number of fused-ring (bicyclic) bond motifs is 2. The van der Waals surface area contributed by atoms with Crippen molar-refractivity contribution in [2.45, 2.75) is 25.9 Å². The Labute approximate surface area is 169 Å². The van der Waals surface area contributed by atoms with Gasteiger partial charge in [0.25, 0.3) is 0 Å². The summed E-state index contributed by atoms with van der Waals surface area (Å²) in [6.07, 6.45) is 0.718. The van der Waals surface area contributed by atoms with Crippen molar-refractivity contribution >= 4 is 33.1 Å².